The zero-order valence-corrected chi connectivity index (χ0v) is 12.4. The lowest BCUT2D eigenvalue weighted by Gasteiger charge is -2.16. The maximum absolute atomic E-state index is 12.0. The van der Waals surface area contributed by atoms with Crippen LogP contribution < -0.4 is 5.32 Å². The average molecular weight is 342 g/mol. The van der Waals surface area contributed by atoms with Crippen LogP contribution in [0, 0.1) is 11.8 Å². The van der Waals surface area contributed by atoms with Gasteiger partial charge in [0.05, 0.1) is 11.5 Å². The molecule has 1 aromatic carbocycles. The number of benzene rings is 1. The van der Waals surface area contributed by atoms with Crippen molar-refractivity contribution in [2.45, 2.75) is 19.3 Å². The summed E-state index contributed by atoms with van der Waals surface area (Å²) in [4.78, 5) is 23.0. The van der Waals surface area contributed by atoms with Gasteiger partial charge in [0.15, 0.2) is 0 Å². The number of amides is 1. The number of carbonyl (C=O) groups excluding carboxylic acids is 1. The van der Waals surface area contributed by atoms with Gasteiger partial charge in [-0.1, -0.05) is 22.4 Å². The highest BCUT2D eigenvalue weighted by Crippen LogP contribution is 2.31. The molecule has 1 aliphatic carbocycles. The van der Waals surface area contributed by atoms with Crippen molar-refractivity contribution in [3.8, 4) is 5.75 Å². The first-order valence-electron chi connectivity index (χ1n) is 6.48. The van der Waals surface area contributed by atoms with E-state index >= 15 is 0 Å². The van der Waals surface area contributed by atoms with Crippen LogP contribution in [-0.4, -0.2) is 28.6 Å². The Balaban J connectivity index is 1.97. The number of phenolic OH excluding ortho intramolecular Hbond substituents is 1. The van der Waals surface area contributed by atoms with Crippen molar-refractivity contribution in [2.24, 2.45) is 11.8 Å². The molecular formula is C14H16BrNO4. The molecular weight excluding hydrogens is 326 g/mol. The van der Waals surface area contributed by atoms with Crippen LogP contribution in [0.2, 0.25) is 0 Å². The Labute approximate surface area is 125 Å². The summed E-state index contributed by atoms with van der Waals surface area (Å²) in [7, 11) is 0. The summed E-state index contributed by atoms with van der Waals surface area (Å²) in [6.45, 7) is 0.325. The van der Waals surface area contributed by atoms with E-state index in [1.165, 1.54) is 12.1 Å². The van der Waals surface area contributed by atoms with Gasteiger partial charge in [0.2, 0.25) is 0 Å². The van der Waals surface area contributed by atoms with Crippen molar-refractivity contribution in [3.63, 3.8) is 0 Å². The first-order chi connectivity index (χ1) is 9.49. The highest BCUT2D eigenvalue weighted by Gasteiger charge is 2.33. The number of carboxylic acid groups (broad SMARTS) is 1. The van der Waals surface area contributed by atoms with Crippen molar-refractivity contribution in [2.75, 3.05) is 6.54 Å². The molecule has 1 saturated carbocycles. The molecule has 20 heavy (non-hydrogen) atoms. The monoisotopic (exact) mass is 341 g/mol. The molecule has 0 heterocycles. The Morgan fingerprint density at radius 1 is 1.35 bits per heavy atom. The van der Waals surface area contributed by atoms with Crippen LogP contribution in [-0.2, 0) is 4.79 Å². The van der Waals surface area contributed by atoms with Crippen LogP contribution in [0.3, 0.4) is 0 Å². The van der Waals surface area contributed by atoms with Crippen molar-refractivity contribution in [1.29, 1.82) is 0 Å². The van der Waals surface area contributed by atoms with Crippen LogP contribution in [0.15, 0.2) is 22.7 Å². The fraction of sp³-hybridized carbons (Fsp3) is 0.429. The van der Waals surface area contributed by atoms with Crippen LogP contribution >= 0.6 is 15.9 Å². The van der Waals surface area contributed by atoms with Crippen LogP contribution in [0.25, 0.3) is 0 Å². The summed E-state index contributed by atoms with van der Waals surface area (Å²) in [6, 6.07) is 4.65. The molecule has 2 unspecified atom stereocenters. The fourth-order valence-electron chi connectivity index (χ4n) is 2.62. The third-order valence-corrected chi connectivity index (χ3v) is 4.20. The van der Waals surface area contributed by atoms with E-state index in [-0.39, 0.29) is 29.1 Å². The van der Waals surface area contributed by atoms with Gasteiger partial charge in [-0.25, -0.2) is 0 Å². The first kappa shape index (κ1) is 14.8. The minimum atomic E-state index is -0.798. The minimum absolute atomic E-state index is 0.0333. The SMILES string of the molecule is O=C(NCC1CCCC1C(=O)O)c1ccc(Br)cc1O. The second-order valence-corrected chi connectivity index (χ2v) is 5.92. The van der Waals surface area contributed by atoms with E-state index in [0.29, 0.717) is 17.4 Å². The third-order valence-electron chi connectivity index (χ3n) is 3.71. The molecule has 108 valence electrons. The molecule has 0 bridgehead atoms. The number of hydrogen-bond acceptors (Lipinski definition) is 3. The van der Waals surface area contributed by atoms with Gasteiger partial charge in [-0.3, -0.25) is 9.59 Å². The van der Waals surface area contributed by atoms with Gasteiger partial charge in [0.1, 0.15) is 5.75 Å². The molecule has 0 saturated heterocycles. The van der Waals surface area contributed by atoms with Crippen molar-refractivity contribution in [3.05, 3.63) is 28.2 Å². The second kappa shape index (κ2) is 6.26. The average Bonchev–Trinajstić information content (AvgIpc) is 2.84. The number of aliphatic carboxylic acids is 1. The Morgan fingerprint density at radius 2 is 2.10 bits per heavy atom. The van der Waals surface area contributed by atoms with E-state index in [9.17, 15) is 14.7 Å². The Morgan fingerprint density at radius 3 is 2.75 bits per heavy atom. The number of nitrogens with one attached hydrogen (secondary N) is 1. The predicted molar refractivity (Wildman–Crippen MR) is 76.6 cm³/mol. The first-order valence-corrected chi connectivity index (χ1v) is 7.28. The van der Waals surface area contributed by atoms with Crippen molar-refractivity contribution < 1.29 is 19.8 Å². The Bertz CT molecular complexity index is 532. The molecule has 1 aromatic rings. The normalized spacial score (nSPS) is 21.6. The largest absolute Gasteiger partial charge is 0.507 e. The standard InChI is InChI=1S/C14H16BrNO4/c15-9-4-5-11(12(17)6-9)13(18)16-7-8-2-1-3-10(8)14(19)20/h4-6,8,10,17H,1-3,7H2,(H,16,18)(H,19,20). The molecule has 1 aliphatic rings. The summed E-state index contributed by atoms with van der Waals surface area (Å²) in [6.07, 6.45) is 2.35. The molecule has 0 radical (unpaired) electrons. The van der Waals surface area contributed by atoms with Gasteiger partial charge >= 0.3 is 5.97 Å². The summed E-state index contributed by atoms with van der Waals surface area (Å²) < 4.78 is 0.688. The van der Waals surface area contributed by atoms with Crippen LogP contribution in [0.4, 0.5) is 0 Å². The highest BCUT2D eigenvalue weighted by atomic mass is 79.9. The van der Waals surface area contributed by atoms with Crippen LogP contribution in [0.1, 0.15) is 29.6 Å². The predicted octanol–water partition coefficient (Wildman–Crippen LogP) is 2.39. The van der Waals surface area contributed by atoms with E-state index in [2.05, 4.69) is 21.2 Å². The number of carbonyl (C=O) groups is 2. The van der Waals surface area contributed by atoms with E-state index in [1.807, 2.05) is 0 Å². The Kier molecular flexibility index (Phi) is 4.65. The fourth-order valence-corrected chi connectivity index (χ4v) is 2.97. The number of hydrogen-bond donors (Lipinski definition) is 3. The molecule has 0 aromatic heterocycles. The number of phenols is 1. The maximum Gasteiger partial charge on any atom is 0.306 e. The van der Waals surface area contributed by atoms with Gasteiger partial charge in [-0.15, -0.1) is 0 Å². The minimum Gasteiger partial charge on any atom is -0.507 e. The molecule has 1 fully saturated rings. The van der Waals surface area contributed by atoms with Crippen LogP contribution in [0.5, 0.6) is 5.75 Å². The molecule has 1 amide bonds. The summed E-state index contributed by atoms with van der Waals surface area (Å²) in [5.41, 5.74) is 0.193. The molecule has 2 rings (SSSR count). The van der Waals surface area contributed by atoms with E-state index in [1.54, 1.807) is 6.07 Å². The molecule has 5 nitrogen and oxygen atoms in total. The summed E-state index contributed by atoms with van der Waals surface area (Å²) >= 11 is 3.21. The molecule has 2 atom stereocenters. The molecule has 0 spiro atoms. The molecule has 0 aliphatic heterocycles. The van der Waals surface area contributed by atoms with Gasteiger partial charge in [0, 0.05) is 11.0 Å². The quantitative estimate of drug-likeness (QED) is 0.784. The van der Waals surface area contributed by atoms with Crippen molar-refractivity contribution in [1.82, 2.24) is 5.32 Å². The van der Waals surface area contributed by atoms with Crippen molar-refractivity contribution >= 4 is 27.8 Å². The lowest BCUT2D eigenvalue weighted by atomic mass is 9.96. The van der Waals surface area contributed by atoms with Gasteiger partial charge in [-0.05, 0) is 37.0 Å². The summed E-state index contributed by atoms with van der Waals surface area (Å²) in [5.74, 6) is -1.69. The smallest absolute Gasteiger partial charge is 0.306 e. The lowest BCUT2D eigenvalue weighted by Crippen LogP contribution is -2.33. The third kappa shape index (κ3) is 3.30. The highest BCUT2D eigenvalue weighted by molar-refractivity contribution is 9.10. The van der Waals surface area contributed by atoms with E-state index < -0.39 is 5.97 Å². The van der Waals surface area contributed by atoms with Gasteiger partial charge < -0.3 is 15.5 Å². The van der Waals surface area contributed by atoms with Gasteiger partial charge in [0.25, 0.3) is 5.91 Å². The zero-order valence-electron chi connectivity index (χ0n) is 10.8. The number of carboxylic acids is 1. The Hall–Kier alpha value is -1.56. The number of halogens is 1. The number of rotatable bonds is 4. The van der Waals surface area contributed by atoms with E-state index in [0.717, 1.165) is 12.8 Å². The maximum atomic E-state index is 12.0. The second-order valence-electron chi connectivity index (χ2n) is 5.01. The molecule has 6 heteroatoms. The van der Waals surface area contributed by atoms with E-state index in [4.69, 9.17) is 5.11 Å². The molecule has 3 N–H and O–H groups in total. The van der Waals surface area contributed by atoms with Gasteiger partial charge in [-0.2, -0.15) is 0 Å². The topological polar surface area (TPSA) is 86.6 Å². The number of aromatic hydroxyl groups is 1. The lowest BCUT2D eigenvalue weighted by molar-refractivity contribution is -0.142. The zero-order chi connectivity index (χ0) is 14.7. The summed E-state index contributed by atoms with van der Waals surface area (Å²) in [5, 5.41) is 21.5.